The van der Waals surface area contributed by atoms with Gasteiger partial charge in [0.15, 0.2) is 0 Å². The van der Waals surface area contributed by atoms with E-state index in [1.54, 1.807) is 12.4 Å². The van der Waals surface area contributed by atoms with Crippen molar-refractivity contribution in [2.24, 2.45) is 0 Å². The first-order chi connectivity index (χ1) is 10.8. The molecule has 1 atom stereocenters. The zero-order valence-corrected chi connectivity index (χ0v) is 12.1. The molecule has 1 aromatic carbocycles. The third kappa shape index (κ3) is 2.15. The van der Waals surface area contributed by atoms with Gasteiger partial charge in [-0.3, -0.25) is 14.9 Å². The number of carbonyl (C=O) groups excluding carboxylic acids is 1. The van der Waals surface area contributed by atoms with Gasteiger partial charge in [-0.25, -0.2) is 0 Å². The Kier molecular flexibility index (Phi) is 3.11. The van der Waals surface area contributed by atoms with Gasteiger partial charge in [0.2, 0.25) is 0 Å². The summed E-state index contributed by atoms with van der Waals surface area (Å²) in [6.45, 7) is 1.47. The molecule has 1 N–H and O–H groups in total. The van der Waals surface area contributed by atoms with Crippen LogP contribution in [0.3, 0.4) is 0 Å². The molecule has 5 nitrogen and oxygen atoms in total. The molecule has 1 aliphatic rings. The van der Waals surface area contributed by atoms with E-state index in [-0.39, 0.29) is 5.91 Å². The highest BCUT2D eigenvalue weighted by atomic mass is 16.2. The molecule has 2 aromatic heterocycles. The van der Waals surface area contributed by atoms with Gasteiger partial charge in [-0.05, 0) is 23.9 Å². The van der Waals surface area contributed by atoms with Crippen molar-refractivity contribution < 1.29 is 4.79 Å². The van der Waals surface area contributed by atoms with Crippen LogP contribution in [0.1, 0.15) is 28.5 Å². The van der Waals surface area contributed by atoms with Crippen molar-refractivity contribution >= 4 is 16.7 Å². The third-order valence-corrected chi connectivity index (χ3v) is 4.31. The molecule has 0 bridgehead atoms. The maximum Gasteiger partial charge on any atom is 0.273 e. The van der Waals surface area contributed by atoms with E-state index in [0.29, 0.717) is 18.2 Å². The predicted octanol–water partition coefficient (Wildman–Crippen LogP) is 2.59. The first kappa shape index (κ1) is 13.0. The number of rotatable bonds is 2. The normalized spacial score (nSPS) is 18.0. The molecule has 0 radical (unpaired) electrons. The van der Waals surface area contributed by atoms with Crippen LogP contribution in [0.4, 0.5) is 0 Å². The molecule has 3 heterocycles. The third-order valence-electron chi connectivity index (χ3n) is 4.31. The Bertz CT molecular complexity index is 807. The lowest BCUT2D eigenvalue weighted by Gasteiger charge is -2.16. The lowest BCUT2D eigenvalue weighted by Crippen LogP contribution is -2.29. The van der Waals surface area contributed by atoms with Crippen LogP contribution in [-0.2, 0) is 0 Å². The van der Waals surface area contributed by atoms with E-state index in [0.717, 1.165) is 29.4 Å². The SMILES string of the molecule is O=C(c1nccc2ccccc12)N1CC[C@H](c2ccn[nH]2)C1. The average Bonchev–Trinajstić information content (AvgIpc) is 3.24. The van der Waals surface area contributed by atoms with E-state index in [4.69, 9.17) is 0 Å². The quantitative estimate of drug-likeness (QED) is 0.789. The molecule has 5 heteroatoms. The molecule has 0 saturated carbocycles. The minimum Gasteiger partial charge on any atom is -0.337 e. The van der Waals surface area contributed by atoms with Crippen LogP contribution in [0, 0.1) is 0 Å². The highest BCUT2D eigenvalue weighted by Crippen LogP contribution is 2.27. The van der Waals surface area contributed by atoms with E-state index in [1.807, 2.05) is 41.3 Å². The molecule has 22 heavy (non-hydrogen) atoms. The molecular formula is C17H16N4O. The lowest BCUT2D eigenvalue weighted by atomic mass is 10.1. The van der Waals surface area contributed by atoms with Gasteiger partial charge in [0.05, 0.1) is 0 Å². The van der Waals surface area contributed by atoms with Gasteiger partial charge in [0.1, 0.15) is 5.69 Å². The summed E-state index contributed by atoms with van der Waals surface area (Å²) in [6, 6.07) is 11.8. The van der Waals surface area contributed by atoms with Crippen LogP contribution in [0.5, 0.6) is 0 Å². The summed E-state index contributed by atoms with van der Waals surface area (Å²) in [5.41, 5.74) is 1.64. The van der Waals surface area contributed by atoms with Gasteiger partial charge in [0, 0.05) is 42.5 Å². The highest BCUT2D eigenvalue weighted by molar-refractivity contribution is 6.05. The van der Waals surface area contributed by atoms with Crippen LogP contribution in [0.2, 0.25) is 0 Å². The topological polar surface area (TPSA) is 61.9 Å². The molecule has 4 rings (SSSR count). The number of likely N-dealkylation sites (tertiary alicyclic amines) is 1. The number of amides is 1. The summed E-state index contributed by atoms with van der Waals surface area (Å²) in [5.74, 6) is 0.347. The number of nitrogens with zero attached hydrogens (tertiary/aromatic N) is 3. The van der Waals surface area contributed by atoms with Crippen molar-refractivity contribution in [2.45, 2.75) is 12.3 Å². The number of benzene rings is 1. The van der Waals surface area contributed by atoms with Crippen molar-refractivity contribution in [3.05, 3.63) is 60.2 Å². The zero-order valence-electron chi connectivity index (χ0n) is 12.1. The summed E-state index contributed by atoms with van der Waals surface area (Å²) in [6.07, 6.45) is 4.42. The van der Waals surface area contributed by atoms with Gasteiger partial charge < -0.3 is 4.90 Å². The number of H-pyrrole nitrogens is 1. The Hall–Kier alpha value is -2.69. The number of nitrogens with one attached hydrogen (secondary N) is 1. The number of fused-ring (bicyclic) bond motifs is 1. The number of carbonyl (C=O) groups is 1. The molecule has 1 fully saturated rings. The number of aromatic nitrogens is 3. The predicted molar refractivity (Wildman–Crippen MR) is 83.6 cm³/mol. The van der Waals surface area contributed by atoms with Crippen molar-refractivity contribution in [3.8, 4) is 0 Å². The summed E-state index contributed by atoms with van der Waals surface area (Å²) in [7, 11) is 0. The Balaban J connectivity index is 1.62. The number of pyridine rings is 1. The fourth-order valence-electron chi connectivity index (χ4n) is 3.13. The largest absolute Gasteiger partial charge is 0.337 e. The van der Waals surface area contributed by atoms with Crippen molar-refractivity contribution in [1.29, 1.82) is 0 Å². The second-order valence-corrected chi connectivity index (χ2v) is 5.63. The standard InChI is InChI=1S/C17H16N4O/c22-17(16-14-4-2-1-3-12(14)5-8-18-16)21-10-7-13(11-21)15-6-9-19-20-15/h1-6,8-9,13H,7,10-11H2,(H,19,20)/t13-/m0/s1. The first-order valence-electron chi connectivity index (χ1n) is 7.45. The summed E-state index contributed by atoms with van der Waals surface area (Å²) >= 11 is 0. The number of hydrogen-bond acceptors (Lipinski definition) is 3. The fourth-order valence-corrected chi connectivity index (χ4v) is 3.13. The molecule has 0 aliphatic carbocycles. The van der Waals surface area contributed by atoms with Gasteiger partial charge in [-0.1, -0.05) is 24.3 Å². The molecule has 1 amide bonds. The summed E-state index contributed by atoms with van der Waals surface area (Å²) in [4.78, 5) is 19.0. The Labute approximate surface area is 128 Å². The molecule has 3 aromatic rings. The number of aromatic amines is 1. The lowest BCUT2D eigenvalue weighted by molar-refractivity contribution is 0.0787. The van der Waals surface area contributed by atoms with E-state index in [2.05, 4.69) is 15.2 Å². The van der Waals surface area contributed by atoms with Gasteiger partial charge in [-0.2, -0.15) is 5.10 Å². The summed E-state index contributed by atoms with van der Waals surface area (Å²) < 4.78 is 0. The van der Waals surface area contributed by atoms with Crippen LogP contribution in [-0.4, -0.2) is 39.1 Å². The van der Waals surface area contributed by atoms with Crippen LogP contribution < -0.4 is 0 Å². The maximum atomic E-state index is 12.8. The zero-order chi connectivity index (χ0) is 14.9. The summed E-state index contributed by atoms with van der Waals surface area (Å²) in [5, 5.41) is 8.96. The Morgan fingerprint density at radius 1 is 1.18 bits per heavy atom. The van der Waals surface area contributed by atoms with Crippen molar-refractivity contribution in [3.63, 3.8) is 0 Å². The molecule has 0 unspecified atom stereocenters. The minimum absolute atomic E-state index is 0.0128. The van der Waals surface area contributed by atoms with Crippen molar-refractivity contribution in [2.75, 3.05) is 13.1 Å². The molecule has 1 saturated heterocycles. The fraction of sp³-hybridized carbons (Fsp3) is 0.235. The van der Waals surface area contributed by atoms with E-state index >= 15 is 0 Å². The molecule has 110 valence electrons. The molecule has 1 aliphatic heterocycles. The first-order valence-corrected chi connectivity index (χ1v) is 7.45. The Morgan fingerprint density at radius 2 is 2.09 bits per heavy atom. The highest BCUT2D eigenvalue weighted by Gasteiger charge is 2.29. The molecule has 0 spiro atoms. The van der Waals surface area contributed by atoms with Gasteiger partial charge in [0.25, 0.3) is 5.91 Å². The van der Waals surface area contributed by atoms with E-state index < -0.39 is 0 Å². The average molecular weight is 292 g/mol. The van der Waals surface area contributed by atoms with Crippen molar-refractivity contribution in [1.82, 2.24) is 20.1 Å². The van der Waals surface area contributed by atoms with Gasteiger partial charge >= 0.3 is 0 Å². The number of hydrogen-bond donors (Lipinski definition) is 1. The van der Waals surface area contributed by atoms with E-state index in [9.17, 15) is 4.79 Å². The maximum absolute atomic E-state index is 12.8. The second kappa shape index (κ2) is 5.26. The minimum atomic E-state index is 0.0128. The second-order valence-electron chi connectivity index (χ2n) is 5.63. The van der Waals surface area contributed by atoms with Crippen LogP contribution in [0.15, 0.2) is 48.8 Å². The monoisotopic (exact) mass is 292 g/mol. The van der Waals surface area contributed by atoms with Gasteiger partial charge in [-0.15, -0.1) is 0 Å². The van der Waals surface area contributed by atoms with Crippen LogP contribution in [0.25, 0.3) is 10.8 Å². The smallest absolute Gasteiger partial charge is 0.273 e. The van der Waals surface area contributed by atoms with E-state index in [1.165, 1.54) is 0 Å². The Morgan fingerprint density at radius 3 is 2.95 bits per heavy atom. The van der Waals surface area contributed by atoms with Crippen LogP contribution >= 0.6 is 0 Å². The molecular weight excluding hydrogens is 276 g/mol.